The van der Waals surface area contributed by atoms with Crippen LogP contribution in [-0.2, 0) is 24.8 Å². The van der Waals surface area contributed by atoms with Crippen molar-refractivity contribution in [2.75, 3.05) is 11.4 Å². The van der Waals surface area contributed by atoms with E-state index in [0.29, 0.717) is 18.7 Å². The Morgan fingerprint density at radius 2 is 1.91 bits per heavy atom. The van der Waals surface area contributed by atoms with E-state index in [-0.39, 0.29) is 29.0 Å². The first-order valence-electron chi connectivity index (χ1n) is 11.9. The van der Waals surface area contributed by atoms with Crippen molar-refractivity contribution in [3.05, 3.63) is 52.4 Å². The average Bonchev–Trinajstić information content (AvgIpc) is 2.95. The maximum Gasteiger partial charge on any atom is 0.330 e. The molecule has 0 bridgehead atoms. The molecule has 1 atom stereocenters. The number of benzene rings is 1. The molecule has 1 aliphatic carbocycles. The van der Waals surface area contributed by atoms with Gasteiger partial charge in [-0.05, 0) is 48.4 Å². The highest BCUT2D eigenvalue weighted by Gasteiger charge is 2.31. The van der Waals surface area contributed by atoms with Crippen molar-refractivity contribution in [1.29, 1.82) is 0 Å². The Hall–Kier alpha value is -3.09. The zero-order valence-electron chi connectivity index (χ0n) is 20.0. The number of nitrogens with one attached hydrogen (secondary N) is 1. The number of aromatic nitrogens is 3. The van der Waals surface area contributed by atoms with Gasteiger partial charge in [-0.15, -0.1) is 0 Å². The first-order valence-corrected chi connectivity index (χ1v) is 11.9. The van der Waals surface area contributed by atoms with Gasteiger partial charge in [0.25, 0.3) is 0 Å². The van der Waals surface area contributed by atoms with Crippen molar-refractivity contribution in [2.24, 2.45) is 18.4 Å². The van der Waals surface area contributed by atoms with Crippen LogP contribution in [0.1, 0.15) is 45.6 Å². The Balaban J connectivity index is 1.51. The maximum absolute atomic E-state index is 12.9. The minimum Gasteiger partial charge on any atom is -0.351 e. The van der Waals surface area contributed by atoms with E-state index >= 15 is 0 Å². The normalized spacial score (nSPS) is 18.8. The summed E-state index contributed by atoms with van der Waals surface area (Å²) in [5, 5.41) is 3.28. The molecule has 1 N–H and O–H groups in total. The monoisotopic (exact) mass is 447 g/mol. The minimum absolute atomic E-state index is 0.0194. The van der Waals surface area contributed by atoms with E-state index in [9.17, 15) is 9.59 Å². The van der Waals surface area contributed by atoms with Crippen LogP contribution >= 0.6 is 0 Å². The Labute approximate surface area is 194 Å². The van der Waals surface area contributed by atoms with E-state index in [4.69, 9.17) is 4.98 Å². The average molecular weight is 448 g/mol. The molecule has 33 heavy (non-hydrogen) atoms. The highest BCUT2D eigenvalue weighted by Crippen LogP contribution is 2.34. The number of aryl methyl sites for hydroxylation is 1. The molecular formula is C26H33N5O2. The number of pyridine rings is 1. The van der Waals surface area contributed by atoms with Crippen molar-refractivity contribution >= 4 is 28.6 Å². The SMILES string of the molecule is Cn1c(=O)n(CC(C)(C)C)c2ccc(N3CC(NC(=O)C4CCC4)Cc4ccccc43)nc21. The molecule has 7 heteroatoms. The molecule has 3 aromatic rings. The van der Waals surface area contributed by atoms with Crippen molar-refractivity contribution in [1.82, 2.24) is 19.4 Å². The number of rotatable bonds is 4. The van der Waals surface area contributed by atoms with Crippen LogP contribution in [0.4, 0.5) is 11.5 Å². The largest absolute Gasteiger partial charge is 0.351 e. The first-order chi connectivity index (χ1) is 15.7. The molecule has 1 aliphatic heterocycles. The van der Waals surface area contributed by atoms with Crippen LogP contribution in [0.3, 0.4) is 0 Å². The van der Waals surface area contributed by atoms with Gasteiger partial charge in [-0.25, -0.2) is 9.78 Å². The van der Waals surface area contributed by atoms with Crippen LogP contribution in [0.25, 0.3) is 11.2 Å². The summed E-state index contributed by atoms with van der Waals surface area (Å²) < 4.78 is 3.45. The number of hydrogen-bond donors (Lipinski definition) is 1. The topological polar surface area (TPSA) is 72.2 Å². The molecule has 2 aliphatic rings. The third kappa shape index (κ3) is 4.05. The predicted molar refractivity (Wildman–Crippen MR) is 131 cm³/mol. The number of carbonyl (C=O) groups is 1. The number of para-hydroxylation sites is 1. The summed E-state index contributed by atoms with van der Waals surface area (Å²) in [6, 6.07) is 12.3. The quantitative estimate of drug-likeness (QED) is 0.661. The summed E-state index contributed by atoms with van der Waals surface area (Å²) in [5.41, 5.74) is 3.77. The van der Waals surface area contributed by atoms with E-state index in [0.717, 1.165) is 42.7 Å². The lowest BCUT2D eigenvalue weighted by Crippen LogP contribution is -2.49. The van der Waals surface area contributed by atoms with Crippen LogP contribution in [0.2, 0.25) is 0 Å². The molecule has 7 nitrogen and oxygen atoms in total. The second-order valence-corrected chi connectivity index (χ2v) is 10.8. The summed E-state index contributed by atoms with van der Waals surface area (Å²) in [5.74, 6) is 1.14. The molecule has 1 unspecified atom stereocenters. The third-order valence-corrected chi connectivity index (χ3v) is 6.85. The van der Waals surface area contributed by atoms with Crippen molar-refractivity contribution in [3.63, 3.8) is 0 Å². The van der Waals surface area contributed by atoms with Crippen LogP contribution in [0, 0.1) is 11.3 Å². The second-order valence-electron chi connectivity index (χ2n) is 10.8. The molecule has 0 saturated heterocycles. The summed E-state index contributed by atoms with van der Waals surface area (Å²) >= 11 is 0. The molecule has 0 spiro atoms. The maximum atomic E-state index is 12.9. The molecule has 1 amide bonds. The summed E-state index contributed by atoms with van der Waals surface area (Å²) in [6.45, 7) is 7.67. The lowest BCUT2D eigenvalue weighted by atomic mass is 9.84. The van der Waals surface area contributed by atoms with Gasteiger partial charge >= 0.3 is 5.69 Å². The van der Waals surface area contributed by atoms with Crippen molar-refractivity contribution < 1.29 is 4.79 Å². The Morgan fingerprint density at radius 3 is 2.61 bits per heavy atom. The molecule has 1 fully saturated rings. The van der Waals surface area contributed by atoms with Gasteiger partial charge < -0.3 is 10.2 Å². The predicted octanol–water partition coefficient (Wildman–Crippen LogP) is 3.76. The summed E-state index contributed by atoms with van der Waals surface area (Å²) in [4.78, 5) is 32.7. The van der Waals surface area contributed by atoms with Gasteiger partial charge in [0.15, 0.2) is 5.65 Å². The van der Waals surface area contributed by atoms with E-state index in [1.807, 2.05) is 28.8 Å². The van der Waals surface area contributed by atoms with Gasteiger partial charge in [-0.1, -0.05) is 45.4 Å². The molecule has 174 valence electrons. The van der Waals surface area contributed by atoms with Gasteiger partial charge in [-0.3, -0.25) is 13.9 Å². The number of amides is 1. The lowest BCUT2D eigenvalue weighted by molar-refractivity contribution is -0.128. The first kappa shape index (κ1) is 21.7. The van der Waals surface area contributed by atoms with E-state index < -0.39 is 0 Å². The van der Waals surface area contributed by atoms with E-state index in [1.165, 1.54) is 5.56 Å². The molecule has 0 radical (unpaired) electrons. The molecule has 5 rings (SSSR count). The van der Waals surface area contributed by atoms with Crippen LogP contribution in [0.5, 0.6) is 0 Å². The Morgan fingerprint density at radius 1 is 1.15 bits per heavy atom. The number of carbonyl (C=O) groups excluding carboxylic acids is 1. The van der Waals surface area contributed by atoms with Gasteiger partial charge in [0.2, 0.25) is 5.91 Å². The highest BCUT2D eigenvalue weighted by atomic mass is 16.2. The van der Waals surface area contributed by atoms with Crippen LogP contribution in [0.15, 0.2) is 41.2 Å². The minimum atomic E-state index is -0.0470. The Bertz CT molecular complexity index is 1260. The van der Waals surface area contributed by atoms with E-state index in [1.54, 1.807) is 11.6 Å². The highest BCUT2D eigenvalue weighted by molar-refractivity contribution is 5.81. The fourth-order valence-electron chi connectivity index (χ4n) is 4.94. The number of fused-ring (bicyclic) bond motifs is 2. The standard InChI is InChI=1S/C26H33N5O2/c1-26(2,3)16-31-21-12-13-22(28-23(21)29(4)25(31)33)30-15-19(27-24(32)17-9-7-10-17)14-18-8-5-6-11-20(18)30/h5-6,8,11-13,17,19H,7,9-10,14-16H2,1-4H3,(H,27,32). The summed E-state index contributed by atoms with van der Waals surface area (Å²) in [7, 11) is 1.78. The van der Waals surface area contributed by atoms with Gasteiger partial charge in [0, 0.05) is 31.7 Å². The number of anilines is 2. The molecule has 2 aromatic heterocycles. The van der Waals surface area contributed by atoms with Crippen molar-refractivity contribution in [3.8, 4) is 0 Å². The Kier molecular flexibility index (Phi) is 5.30. The molecule has 1 saturated carbocycles. The second kappa shape index (κ2) is 8.04. The number of imidazole rings is 1. The zero-order chi connectivity index (χ0) is 23.3. The number of hydrogen-bond acceptors (Lipinski definition) is 4. The van der Waals surface area contributed by atoms with Gasteiger partial charge in [0.1, 0.15) is 5.82 Å². The van der Waals surface area contributed by atoms with Crippen LogP contribution < -0.4 is 15.9 Å². The fourth-order valence-corrected chi connectivity index (χ4v) is 4.94. The van der Waals surface area contributed by atoms with Gasteiger partial charge in [0.05, 0.1) is 11.6 Å². The molecule has 3 heterocycles. The van der Waals surface area contributed by atoms with Gasteiger partial charge in [-0.2, -0.15) is 0 Å². The summed E-state index contributed by atoms with van der Waals surface area (Å²) in [6.07, 6.45) is 3.95. The fraction of sp³-hybridized carbons (Fsp3) is 0.500. The lowest BCUT2D eigenvalue weighted by Gasteiger charge is -2.37. The van der Waals surface area contributed by atoms with Crippen LogP contribution in [-0.4, -0.2) is 32.6 Å². The smallest absolute Gasteiger partial charge is 0.330 e. The third-order valence-electron chi connectivity index (χ3n) is 6.85. The zero-order valence-corrected chi connectivity index (χ0v) is 20.0. The van der Waals surface area contributed by atoms with E-state index in [2.05, 4.69) is 43.1 Å². The number of nitrogens with zero attached hydrogens (tertiary/aromatic N) is 4. The van der Waals surface area contributed by atoms with Crippen molar-refractivity contribution in [2.45, 2.75) is 59.0 Å². The molecule has 1 aromatic carbocycles. The molecular weight excluding hydrogens is 414 g/mol.